The van der Waals surface area contributed by atoms with Crippen LogP contribution in [0.15, 0.2) is 46.4 Å². The third-order valence-electron chi connectivity index (χ3n) is 3.67. The molecule has 4 nitrogen and oxygen atoms in total. The molecule has 0 aromatic heterocycles. The first-order chi connectivity index (χ1) is 10.2. The van der Waals surface area contributed by atoms with Gasteiger partial charge in [0.25, 0.3) is 0 Å². The Bertz CT molecular complexity index is 484. The van der Waals surface area contributed by atoms with E-state index in [1.165, 1.54) is 12.1 Å². The molecule has 2 N–H and O–H groups in total. The topological polar surface area (TPSA) is 39.7 Å². The van der Waals surface area contributed by atoms with Crippen molar-refractivity contribution in [1.82, 2.24) is 10.6 Å². The Morgan fingerprint density at radius 3 is 2.86 bits per heavy atom. The molecule has 114 valence electrons. The standard InChI is InChI=1S/C16H23BrN4/c1-3-9-19-16(18-2)20-11-13-8-10-21(12-13)15-6-4-14(17)5-7-15/h3-7,13H,1,8-12H2,2H3,(H2,18,19,20). The highest BCUT2D eigenvalue weighted by atomic mass is 79.9. The van der Waals surface area contributed by atoms with Gasteiger partial charge in [0.15, 0.2) is 5.96 Å². The smallest absolute Gasteiger partial charge is 0.191 e. The molecule has 0 bridgehead atoms. The number of nitrogens with zero attached hydrogens (tertiary/aromatic N) is 2. The molecule has 0 spiro atoms. The first kappa shape index (κ1) is 15.9. The van der Waals surface area contributed by atoms with Crippen LogP contribution >= 0.6 is 15.9 Å². The first-order valence-corrected chi connectivity index (χ1v) is 8.08. The molecular formula is C16H23BrN4. The minimum absolute atomic E-state index is 0.649. The molecule has 1 atom stereocenters. The van der Waals surface area contributed by atoms with Crippen LogP contribution in [0.5, 0.6) is 0 Å². The predicted molar refractivity (Wildman–Crippen MR) is 94.0 cm³/mol. The highest BCUT2D eigenvalue weighted by molar-refractivity contribution is 9.10. The van der Waals surface area contributed by atoms with Gasteiger partial charge in [-0.05, 0) is 36.6 Å². The molecule has 0 saturated carbocycles. The minimum atomic E-state index is 0.649. The summed E-state index contributed by atoms with van der Waals surface area (Å²) in [4.78, 5) is 6.64. The summed E-state index contributed by atoms with van der Waals surface area (Å²) < 4.78 is 1.13. The Labute approximate surface area is 135 Å². The third kappa shape index (κ3) is 4.77. The molecule has 1 aromatic carbocycles. The van der Waals surface area contributed by atoms with E-state index in [1.54, 1.807) is 7.05 Å². The van der Waals surface area contributed by atoms with E-state index in [9.17, 15) is 0 Å². The highest BCUT2D eigenvalue weighted by Crippen LogP contribution is 2.24. The van der Waals surface area contributed by atoms with E-state index >= 15 is 0 Å². The van der Waals surface area contributed by atoms with Crippen LogP contribution in [0.2, 0.25) is 0 Å². The number of hydrogen-bond donors (Lipinski definition) is 2. The lowest BCUT2D eigenvalue weighted by Gasteiger charge is -2.19. The van der Waals surface area contributed by atoms with Crippen LogP contribution in [-0.4, -0.2) is 39.2 Å². The average molecular weight is 351 g/mol. The van der Waals surface area contributed by atoms with Crippen molar-refractivity contribution in [2.24, 2.45) is 10.9 Å². The number of nitrogens with one attached hydrogen (secondary N) is 2. The monoisotopic (exact) mass is 350 g/mol. The zero-order valence-electron chi connectivity index (χ0n) is 12.5. The summed E-state index contributed by atoms with van der Waals surface area (Å²) >= 11 is 3.48. The van der Waals surface area contributed by atoms with Crippen LogP contribution in [-0.2, 0) is 0 Å². The second-order valence-electron chi connectivity index (χ2n) is 5.20. The van der Waals surface area contributed by atoms with Crippen molar-refractivity contribution in [3.8, 4) is 0 Å². The quantitative estimate of drug-likeness (QED) is 0.487. The summed E-state index contributed by atoms with van der Waals surface area (Å²) in [5.41, 5.74) is 1.30. The van der Waals surface area contributed by atoms with Crippen LogP contribution in [0.25, 0.3) is 0 Å². The molecule has 1 aromatic rings. The Morgan fingerprint density at radius 2 is 2.19 bits per heavy atom. The van der Waals surface area contributed by atoms with E-state index in [0.29, 0.717) is 5.92 Å². The van der Waals surface area contributed by atoms with Crippen molar-refractivity contribution in [3.63, 3.8) is 0 Å². The number of anilines is 1. The van der Waals surface area contributed by atoms with Gasteiger partial charge in [-0.1, -0.05) is 22.0 Å². The zero-order valence-corrected chi connectivity index (χ0v) is 14.1. The summed E-state index contributed by atoms with van der Waals surface area (Å²) in [6, 6.07) is 8.54. The largest absolute Gasteiger partial charge is 0.371 e. The van der Waals surface area contributed by atoms with Gasteiger partial charge in [-0.3, -0.25) is 4.99 Å². The average Bonchev–Trinajstić information content (AvgIpc) is 2.97. The van der Waals surface area contributed by atoms with Gasteiger partial charge < -0.3 is 15.5 Å². The molecule has 0 amide bonds. The molecule has 1 fully saturated rings. The summed E-state index contributed by atoms with van der Waals surface area (Å²) in [5.74, 6) is 1.49. The molecule has 21 heavy (non-hydrogen) atoms. The van der Waals surface area contributed by atoms with Crippen LogP contribution in [0.4, 0.5) is 5.69 Å². The van der Waals surface area contributed by atoms with Gasteiger partial charge in [-0.25, -0.2) is 0 Å². The molecular weight excluding hydrogens is 328 g/mol. The summed E-state index contributed by atoms with van der Waals surface area (Å²) in [5, 5.41) is 6.58. The fourth-order valence-corrected chi connectivity index (χ4v) is 2.78. The number of aliphatic imine (C=N–C) groups is 1. The van der Waals surface area contributed by atoms with E-state index in [4.69, 9.17) is 0 Å². The van der Waals surface area contributed by atoms with Gasteiger partial charge in [-0.2, -0.15) is 0 Å². The lowest BCUT2D eigenvalue weighted by molar-refractivity contribution is 0.567. The molecule has 2 rings (SSSR count). The van der Waals surface area contributed by atoms with E-state index in [1.807, 2.05) is 6.08 Å². The highest BCUT2D eigenvalue weighted by Gasteiger charge is 2.22. The van der Waals surface area contributed by atoms with Gasteiger partial charge in [-0.15, -0.1) is 6.58 Å². The minimum Gasteiger partial charge on any atom is -0.371 e. The van der Waals surface area contributed by atoms with Crippen LogP contribution in [0.3, 0.4) is 0 Å². The molecule has 1 heterocycles. The van der Waals surface area contributed by atoms with Gasteiger partial charge in [0, 0.05) is 43.4 Å². The maximum Gasteiger partial charge on any atom is 0.191 e. The summed E-state index contributed by atoms with van der Waals surface area (Å²) in [7, 11) is 1.79. The fourth-order valence-electron chi connectivity index (χ4n) is 2.52. The van der Waals surface area contributed by atoms with Crippen LogP contribution in [0, 0.1) is 5.92 Å². The van der Waals surface area contributed by atoms with Crippen molar-refractivity contribution >= 4 is 27.6 Å². The second-order valence-corrected chi connectivity index (χ2v) is 6.12. The summed E-state index contributed by atoms with van der Waals surface area (Å²) in [6.07, 6.45) is 3.04. The Kier molecular flexibility index (Phi) is 6.11. The number of rotatable bonds is 5. The SMILES string of the molecule is C=CCNC(=NC)NCC1CCN(c2ccc(Br)cc2)C1. The van der Waals surface area contributed by atoms with Gasteiger partial charge in [0.05, 0.1) is 0 Å². The summed E-state index contributed by atoms with van der Waals surface area (Å²) in [6.45, 7) is 7.59. The van der Waals surface area contributed by atoms with Gasteiger partial charge in [0.1, 0.15) is 0 Å². The zero-order chi connectivity index (χ0) is 15.1. The number of halogens is 1. The Hall–Kier alpha value is -1.49. The van der Waals surface area contributed by atoms with E-state index in [-0.39, 0.29) is 0 Å². The lowest BCUT2D eigenvalue weighted by Crippen LogP contribution is -2.40. The number of hydrogen-bond acceptors (Lipinski definition) is 2. The molecule has 5 heteroatoms. The van der Waals surface area contributed by atoms with Crippen molar-refractivity contribution in [2.75, 3.05) is 38.1 Å². The van der Waals surface area contributed by atoms with E-state index < -0.39 is 0 Å². The Balaban J connectivity index is 1.80. The van der Waals surface area contributed by atoms with Crippen molar-refractivity contribution in [2.45, 2.75) is 6.42 Å². The predicted octanol–water partition coefficient (Wildman–Crippen LogP) is 2.63. The Morgan fingerprint density at radius 1 is 1.43 bits per heavy atom. The van der Waals surface area contributed by atoms with Crippen molar-refractivity contribution in [3.05, 3.63) is 41.4 Å². The van der Waals surface area contributed by atoms with Gasteiger partial charge >= 0.3 is 0 Å². The number of benzene rings is 1. The van der Waals surface area contributed by atoms with Crippen molar-refractivity contribution < 1.29 is 0 Å². The molecule has 1 unspecified atom stereocenters. The molecule has 1 aliphatic heterocycles. The normalized spacial score (nSPS) is 18.7. The maximum atomic E-state index is 4.20. The van der Waals surface area contributed by atoms with E-state index in [2.05, 4.69) is 67.3 Å². The lowest BCUT2D eigenvalue weighted by atomic mass is 10.1. The number of guanidine groups is 1. The molecule has 0 radical (unpaired) electrons. The van der Waals surface area contributed by atoms with Crippen LogP contribution in [0.1, 0.15) is 6.42 Å². The molecule has 0 aliphatic carbocycles. The van der Waals surface area contributed by atoms with Gasteiger partial charge in [0.2, 0.25) is 0 Å². The maximum absolute atomic E-state index is 4.20. The third-order valence-corrected chi connectivity index (χ3v) is 4.20. The molecule has 1 aliphatic rings. The first-order valence-electron chi connectivity index (χ1n) is 7.29. The van der Waals surface area contributed by atoms with E-state index in [0.717, 1.165) is 36.6 Å². The van der Waals surface area contributed by atoms with Crippen LogP contribution < -0.4 is 15.5 Å². The molecule has 1 saturated heterocycles. The second kappa shape index (κ2) is 8.08. The fraction of sp³-hybridized carbons (Fsp3) is 0.438. The van der Waals surface area contributed by atoms with Crippen molar-refractivity contribution in [1.29, 1.82) is 0 Å².